The smallest absolute Gasteiger partial charge is 0.255 e. The van der Waals surface area contributed by atoms with Crippen LogP contribution in [0, 0.1) is 0 Å². The van der Waals surface area contributed by atoms with Crippen molar-refractivity contribution in [3.63, 3.8) is 0 Å². The Morgan fingerprint density at radius 1 is 0.508 bits per heavy atom. The highest BCUT2D eigenvalue weighted by Crippen LogP contribution is 2.20. The highest BCUT2D eigenvalue weighted by atomic mass is 35.5. The summed E-state index contributed by atoms with van der Waals surface area (Å²) >= 11 is 11.9. The fourth-order valence-electron chi connectivity index (χ4n) is 6.39. The van der Waals surface area contributed by atoms with E-state index in [-0.39, 0.29) is 17.4 Å². The van der Waals surface area contributed by atoms with Gasteiger partial charge in [0.05, 0.1) is 0 Å². The molecule has 5 amide bonds. The van der Waals surface area contributed by atoms with E-state index in [1.54, 1.807) is 97.1 Å². The van der Waals surface area contributed by atoms with Crippen molar-refractivity contribution in [3.8, 4) is 0 Å². The molecule has 5 N–H and O–H groups in total. The molecule has 12 nitrogen and oxygen atoms in total. The molecule has 0 radical (unpaired) electrons. The van der Waals surface area contributed by atoms with Crippen molar-refractivity contribution in [2.24, 2.45) is 0 Å². The Bertz CT molecular complexity index is 2280. The lowest BCUT2D eigenvalue weighted by Crippen LogP contribution is -2.27. The number of amides is 5. The third kappa shape index (κ3) is 14.8. The summed E-state index contributed by atoms with van der Waals surface area (Å²) in [5.74, 6) is -0.644. The van der Waals surface area contributed by atoms with Gasteiger partial charge in [-0.3, -0.25) is 24.0 Å². The molecule has 5 rings (SSSR count). The Kier molecular flexibility index (Phi) is 17.7. The topological polar surface area (TPSA) is 152 Å². The first-order valence-electron chi connectivity index (χ1n) is 20.0. The van der Waals surface area contributed by atoms with Gasteiger partial charge < -0.3 is 36.4 Å². The molecule has 0 saturated heterocycles. The fourth-order valence-corrected chi connectivity index (χ4v) is 6.79. The Morgan fingerprint density at radius 3 is 1.36 bits per heavy atom. The van der Waals surface area contributed by atoms with Crippen molar-refractivity contribution in [1.82, 2.24) is 10.2 Å². The van der Waals surface area contributed by atoms with Crippen molar-refractivity contribution in [3.05, 3.63) is 149 Å². The lowest BCUT2D eigenvalue weighted by molar-refractivity contribution is -0.116. The number of alkyl halides is 2. The summed E-state index contributed by atoms with van der Waals surface area (Å²) in [6, 6.07) is 34.5. The summed E-state index contributed by atoms with van der Waals surface area (Å²) in [5, 5.41) is 14.2. The van der Waals surface area contributed by atoms with Crippen LogP contribution in [0.3, 0.4) is 0 Å². The predicted molar refractivity (Wildman–Crippen MR) is 247 cm³/mol. The second-order valence-electron chi connectivity index (χ2n) is 14.5. The van der Waals surface area contributed by atoms with Crippen LogP contribution < -0.4 is 31.5 Å². The predicted octanol–water partition coefficient (Wildman–Crippen LogP) is 8.37. The van der Waals surface area contributed by atoms with Crippen molar-refractivity contribution >= 4 is 81.2 Å². The van der Waals surface area contributed by atoms with E-state index < -0.39 is 17.7 Å². The number of carbonyl (C=O) groups excluding carboxylic acids is 5. The quantitative estimate of drug-likeness (QED) is 0.0367. The molecule has 0 unspecified atom stereocenters. The molecule has 0 aromatic heterocycles. The van der Waals surface area contributed by atoms with Crippen LogP contribution in [-0.4, -0.2) is 86.5 Å². The number of rotatable bonds is 21. The molecule has 0 spiro atoms. The van der Waals surface area contributed by atoms with Gasteiger partial charge in [0.1, 0.15) is 0 Å². The van der Waals surface area contributed by atoms with Gasteiger partial charge >= 0.3 is 0 Å². The lowest BCUT2D eigenvalue weighted by atomic mass is 10.1. The van der Waals surface area contributed by atoms with E-state index in [0.29, 0.717) is 83.7 Å². The van der Waals surface area contributed by atoms with Gasteiger partial charge in [0.25, 0.3) is 23.6 Å². The molecule has 0 aliphatic carbocycles. The van der Waals surface area contributed by atoms with E-state index in [1.807, 2.05) is 31.1 Å². The second kappa shape index (κ2) is 23.5. The molecule has 0 saturated carbocycles. The van der Waals surface area contributed by atoms with Crippen LogP contribution in [0.4, 0.5) is 28.4 Å². The average molecular weight is 865 g/mol. The standard InChI is InChI=1S/C47H51Cl2N7O5/c1-55(2)26-8-25-50-44(58)34-10-4-15-39(29-34)52-46(60)36-12-6-17-41(31-36)54-47(61)37-13-7-16-40(32-37)53-45(59)35-11-5-14-38(30-35)51-43(57)18-3-9-33-19-21-42(22-20-33)56(27-23-48)28-24-49/h4-7,10-17,19-22,29-32H,3,8-9,18,23-28H2,1-2H3,(H,50,58)(H,51,57)(H,52,60)(H,53,59)(H,54,61). The molecule has 0 aliphatic rings. The van der Waals surface area contributed by atoms with Gasteiger partial charge in [0.2, 0.25) is 5.91 Å². The highest BCUT2D eigenvalue weighted by Gasteiger charge is 2.14. The SMILES string of the molecule is CN(C)CCCNC(=O)c1cccc(NC(=O)c2cccc(NC(=O)c3cccc(NC(=O)c4cccc(NC(=O)CCCc5ccc(N(CCCl)CCCl)cc5)c4)c3)c2)c1. The minimum absolute atomic E-state index is 0.160. The summed E-state index contributed by atoms with van der Waals surface area (Å²) in [4.78, 5) is 69.3. The van der Waals surface area contributed by atoms with E-state index in [4.69, 9.17) is 23.2 Å². The fraction of sp³-hybridized carbons (Fsp3) is 0.255. The van der Waals surface area contributed by atoms with Crippen molar-refractivity contribution < 1.29 is 24.0 Å². The third-order valence-corrected chi connectivity index (χ3v) is 9.84. The molecule has 0 bridgehead atoms. The summed E-state index contributed by atoms with van der Waals surface area (Å²) in [5.41, 5.74) is 5.23. The first-order valence-corrected chi connectivity index (χ1v) is 21.1. The van der Waals surface area contributed by atoms with E-state index >= 15 is 0 Å². The summed E-state index contributed by atoms with van der Waals surface area (Å²) in [6.07, 6.45) is 2.51. The Hall–Kier alpha value is -6.21. The van der Waals surface area contributed by atoms with Gasteiger partial charge in [-0.25, -0.2) is 0 Å². The Morgan fingerprint density at radius 2 is 0.934 bits per heavy atom. The van der Waals surface area contributed by atoms with E-state index in [2.05, 4.69) is 43.6 Å². The summed E-state index contributed by atoms with van der Waals surface area (Å²) in [6.45, 7) is 2.82. The molecular weight excluding hydrogens is 813 g/mol. The van der Waals surface area contributed by atoms with Crippen LogP contribution in [0.15, 0.2) is 121 Å². The second-order valence-corrected chi connectivity index (χ2v) is 15.3. The van der Waals surface area contributed by atoms with Crippen molar-refractivity contribution in [2.75, 3.05) is 78.2 Å². The zero-order valence-corrected chi connectivity index (χ0v) is 35.8. The average Bonchev–Trinajstić information content (AvgIpc) is 3.25. The van der Waals surface area contributed by atoms with E-state index in [1.165, 1.54) is 0 Å². The molecular formula is C47H51Cl2N7O5. The number of benzene rings is 5. The van der Waals surface area contributed by atoms with E-state index in [0.717, 1.165) is 30.6 Å². The number of halogens is 2. The summed E-state index contributed by atoms with van der Waals surface area (Å²) in [7, 11) is 3.95. The van der Waals surface area contributed by atoms with Crippen molar-refractivity contribution in [2.45, 2.75) is 25.7 Å². The number of nitrogens with one attached hydrogen (secondary N) is 5. The number of hydrogen-bond acceptors (Lipinski definition) is 7. The van der Waals surface area contributed by atoms with Crippen LogP contribution >= 0.6 is 23.2 Å². The van der Waals surface area contributed by atoms with E-state index in [9.17, 15) is 24.0 Å². The molecule has 61 heavy (non-hydrogen) atoms. The third-order valence-electron chi connectivity index (χ3n) is 9.50. The Labute approximate surface area is 367 Å². The van der Waals surface area contributed by atoms with Gasteiger partial charge in [-0.05, 0) is 130 Å². The lowest BCUT2D eigenvalue weighted by Gasteiger charge is -2.23. The molecule has 14 heteroatoms. The highest BCUT2D eigenvalue weighted by molar-refractivity contribution is 6.18. The number of nitrogens with zero attached hydrogens (tertiary/aromatic N) is 2. The molecule has 0 heterocycles. The summed E-state index contributed by atoms with van der Waals surface area (Å²) < 4.78 is 0. The van der Waals surface area contributed by atoms with Crippen LogP contribution in [0.2, 0.25) is 0 Å². The van der Waals surface area contributed by atoms with Crippen LogP contribution in [-0.2, 0) is 11.2 Å². The largest absolute Gasteiger partial charge is 0.369 e. The zero-order valence-electron chi connectivity index (χ0n) is 34.3. The van der Waals surface area contributed by atoms with Crippen LogP contribution in [0.25, 0.3) is 0 Å². The number of anilines is 5. The number of hydrogen-bond donors (Lipinski definition) is 5. The number of aryl methyl sites for hydroxylation is 1. The monoisotopic (exact) mass is 863 g/mol. The van der Waals surface area contributed by atoms with Gasteiger partial charge in [0, 0.05) is 88.5 Å². The molecule has 5 aromatic carbocycles. The van der Waals surface area contributed by atoms with Gasteiger partial charge in [-0.15, -0.1) is 23.2 Å². The van der Waals surface area contributed by atoms with Gasteiger partial charge in [-0.1, -0.05) is 36.4 Å². The minimum Gasteiger partial charge on any atom is -0.369 e. The van der Waals surface area contributed by atoms with Crippen LogP contribution in [0.1, 0.15) is 66.3 Å². The molecule has 0 atom stereocenters. The van der Waals surface area contributed by atoms with Crippen LogP contribution in [0.5, 0.6) is 0 Å². The molecule has 0 aliphatic heterocycles. The van der Waals surface area contributed by atoms with Gasteiger partial charge in [-0.2, -0.15) is 0 Å². The van der Waals surface area contributed by atoms with Crippen molar-refractivity contribution in [1.29, 1.82) is 0 Å². The maximum Gasteiger partial charge on any atom is 0.255 e. The zero-order chi connectivity index (χ0) is 43.6. The molecule has 318 valence electrons. The normalized spacial score (nSPS) is 10.8. The Balaban J connectivity index is 1.10. The molecule has 0 fully saturated rings. The first-order chi connectivity index (χ1) is 29.5. The number of carbonyl (C=O) groups is 5. The van der Waals surface area contributed by atoms with Gasteiger partial charge in [0.15, 0.2) is 0 Å². The first kappa shape index (κ1) is 45.9. The molecule has 5 aromatic rings. The minimum atomic E-state index is -0.448. The maximum absolute atomic E-state index is 13.3. The maximum atomic E-state index is 13.3.